The first-order valence-corrected chi connectivity index (χ1v) is 13.2. The van der Waals surface area contributed by atoms with Gasteiger partial charge in [-0.25, -0.2) is 4.98 Å². The molecule has 8 nitrogen and oxygen atoms in total. The molecular formula is C29H32N6O2. The summed E-state index contributed by atoms with van der Waals surface area (Å²) in [6.07, 6.45) is 11.8. The minimum Gasteiger partial charge on any atom is -0.348 e. The minimum atomic E-state index is -0.275. The number of likely N-dealkylation sites (tertiary alicyclic amines) is 1. The maximum absolute atomic E-state index is 13.1. The molecule has 0 spiro atoms. The van der Waals surface area contributed by atoms with Crippen molar-refractivity contribution in [1.29, 1.82) is 0 Å². The van der Waals surface area contributed by atoms with Gasteiger partial charge < -0.3 is 14.6 Å². The summed E-state index contributed by atoms with van der Waals surface area (Å²) in [5.41, 5.74) is 4.86. The largest absolute Gasteiger partial charge is 0.348 e. The Hall–Kier alpha value is -3.94. The second kappa shape index (κ2) is 9.84. The van der Waals surface area contributed by atoms with Crippen molar-refractivity contribution >= 4 is 17.5 Å². The lowest BCUT2D eigenvalue weighted by Crippen LogP contribution is -2.41. The van der Waals surface area contributed by atoms with E-state index in [1.54, 1.807) is 6.20 Å². The van der Waals surface area contributed by atoms with E-state index in [0.29, 0.717) is 23.9 Å². The molecule has 37 heavy (non-hydrogen) atoms. The maximum atomic E-state index is 13.1. The number of pyridine rings is 1. The van der Waals surface area contributed by atoms with Gasteiger partial charge in [0.05, 0.1) is 5.69 Å². The fourth-order valence-corrected chi connectivity index (χ4v) is 5.23. The molecule has 1 aliphatic carbocycles. The fourth-order valence-electron chi connectivity index (χ4n) is 5.23. The van der Waals surface area contributed by atoms with Crippen LogP contribution >= 0.6 is 0 Å². The van der Waals surface area contributed by atoms with E-state index in [0.717, 1.165) is 42.8 Å². The van der Waals surface area contributed by atoms with Crippen LogP contribution in [0.1, 0.15) is 77.7 Å². The number of rotatable bonds is 7. The lowest BCUT2D eigenvalue weighted by Gasteiger charge is -2.34. The van der Waals surface area contributed by atoms with Crippen molar-refractivity contribution in [2.75, 3.05) is 13.1 Å². The van der Waals surface area contributed by atoms with Crippen LogP contribution in [-0.4, -0.2) is 49.0 Å². The van der Waals surface area contributed by atoms with E-state index >= 15 is 0 Å². The molecule has 1 N–H and O–H groups in total. The van der Waals surface area contributed by atoms with Crippen LogP contribution in [0, 0.1) is 0 Å². The molecule has 2 amide bonds. The molecule has 3 aromatic heterocycles. The number of hydrogen-bond donors (Lipinski definition) is 1. The van der Waals surface area contributed by atoms with Crippen molar-refractivity contribution in [3.8, 4) is 0 Å². The molecule has 1 aromatic carbocycles. The van der Waals surface area contributed by atoms with Crippen molar-refractivity contribution in [3.63, 3.8) is 0 Å². The van der Waals surface area contributed by atoms with Gasteiger partial charge in [0.2, 0.25) is 5.91 Å². The summed E-state index contributed by atoms with van der Waals surface area (Å²) in [6.45, 7) is 3.88. The number of carbonyl (C=O) groups is 2. The Morgan fingerprint density at radius 2 is 1.76 bits per heavy atom. The minimum absolute atomic E-state index is 0.0902. The van der Waals surface area contributed by atoms with Gasteiger partial charge in [-0.05, 0) is 80.0 Å². The fraction of sp³-hybridized carbons (Fsp3) is 0.379. The zero-order chi connectivity index (χ0) is 25.4. The maximum Gasteiger partial charge on any atom is 0.251 e. The molecule has 1 unspecified atom stereocenters. The Labute approximate surface area is 216 Å². The van der Waals surface area contributed by atoms with E-state index in [1.807, 2.05) is 63.8 Å². The number of nitrogens with one attached hydrogen (secondary N) is 1. The molecule has 1 saturated heterocycles. The Morgan fingerprint density at radius 3 is 2.51 bits per heavy atom. The molecule has 0 bridgehead atoms. The van der Waals surface area contributed by atoms with Crippen molar-refractivity contribution in [1.82, 2.24) is 29.4 Å². The normalized spacial score (nSPS) is 17.2. The smallest absolute Gasteiger partial charge is 0.251 e. The van der Waals surface area contributed by atoms with Crippen LogP contribution in [0.25, 0.3) is 5.65 Å². The highest BCUT2D eigenvalue weighted by Crippen LogP contribution is 2.39. The number of nitrogens with zero attached hydrogens (tertiary/aromatic N) is 5. The Kier molecular flexibility index (Phi) is 6.24. The molecule has 6 rings (SSSR count). The van der Waals surface area contributed by atoms with Crippen LogP contribution in [0.4, 0.5) is 0 Å². The third-order valence-electron chi connectivity index (χ3n) is 7.75. The van der Waals surface area contributed by atoms with Crippen molar-refractivity contribution in [2.24, 2.45) is 0 Å². The summed E-state index contributed by atoms with van der Waals surface area (Å²) >= 11 is 0. The van der Waals surface area contributed by atoms with E-state index < -0.39 is 0 Å². The monoisotopic (exact) mass is 496 g/mol. The van der Waals surface area contributed by atoms with Gasteiger partial charge in [0.15, 0.2) is 0 Å². The second-order valence-electron chi connectivity index (χ2n) is 10.3. The molecule has 1 saturated carbocycles. The van der Waals surface area contributed by atoms with Crippen LogP contribution < -0.4 is 5.32 Å². The summed E-state index contributed by atoms with van der Waals surface area (Å²) in [6, 6.07) is 13.6. The van der Waals surface area contributed by atoms with E-state index in [9.17, 15) is 9.59 Å². The number of fused-ring (bicyclic) bond motifs is 1. The lowest BCUT2D eigenvalue weighted by atomic mass is 9.88. The summed E-state index contributed by atoms with van der Waals surface area (Å²) < 4.78 is 3.76. The van der Waals surface area contributed by atoms with Crippen molar-refractivity contribution in [3.05, 3.63) is 89.6 Å². The topological polar surface area (TPSA) is 84.5 Å². The average Bonchev–Trinajstić information content (AvgIpc) is 3.48. The van der Waals surface area contributed by atoms with E-state index in [1.165, 1.54) is 18.4 Å². The third-order valence-corrected chi connectivity index (χ3v) is 7.75. The van der Waals surface area contributed by atoms with Gasteiger partial charge in [-0.15, -0.1) is 0 Å². The number of amides is 2. The molecular weight excluding hydrogens is 464 g/mol. The SMILES string of the molecule is CC(C(=O)N1CCC(c2ccc(C(=O)NCc3ccn4ccnc4c3)cc2)CC1)n1ccc(C2CC2)n1. The summed E-state index contributed by atoms with van der Waals surface area (Å²) in [5, 5.41) is 7.64. The summed E-state index contributed by atoms with van der Waals surface area (Å²) in [4.78, 5) is 32.0. The van der Waals surface area contributed by atoms with Gasteiger partial charge in [-0.3, -0.25) is 14.3 Å². The van der Waals surface area contributed by atoms with Crippen LogP contribution in [0.5, 0.6) is 0 Å². The Morgan fingerprint density at radius 1 is 0.973 bits per heavy atom. The van der Waals surface area contributed by atoms with E-state index in [4.69, 9.17) is 0 Å². The average molecular weight is 497 g/mol. The van der Waals surface area contributed by atoms with E-state index in [2.05, 4.69) is 33.6 Å². The molecule has 2 aliphatic rings. The van der Waals surface area contributed by atoms with Crippen LogP contribution in [0.15, 0.2) is 67.3 Å². The predicted molar refractivity (Wildman–Crippen MR) is 140 cm³/mol. The van der Waals surface area contributed by atoms with Crippen molar-refractivity contribution in [2.45, 2.75) is 57.0 Å². The number of aromatic nitrogens is 4. The first-order chi connectivity index (χ1) is 18.0. The number of piperidine rings is 1. The standard InChI is InChI=1S/C29H32N6O2/c1-20(35-16-11-26(32-35)24-4-5-24)29(37)34-14-9-23(10-15-34)22-2-6-25(7-3-22)28(36)31-19-21-8-13-33-17-12-30-27(33)18-21/h2-3,6-8,11-13,16-18,20,23-24H,4-5,9-10,14-15,19H2,1H3,(H,31,36). The highest BCUT2D eigenvalue weighted by Gasteiger charge is 2.30. The predicted octanol–water partition coefficient (Wildman–Crippen LogP) is 4.31. The first kappa shape index (κ1) is 23.5. The molecule has 1 aliphatic heterocycles. The van der Waals surface area contributed by atoms with Gasteiger partial charge in [0.1, 0.15) is 11.7 Å². The Balaban J connectivity index is 1.00. The zero-order valence-corrected chi connectivity index (χ0v) is 21.1. The molecule has 0 radical (unpaired) electrons. The van der Waals surface area contributed by atoms with Gasteiger partial charge in [0, 0.05) is 55.9 Å². The van der Waals surface area contributed by atoms with Crippen LogP contribution in [0.3, 0.4) is 0 Å². The third kappa shape index (κ3) is 5.01. The van der Waals surface area contributed by atoms with Crippen LogP contribution in [-0.2, 0) is 11.3 Å². The van der Waals surface area contributed by atoms with Crippen molar-refractivity contribution < 1.29 is 9.59 Å². The second-order valence-corrected chi connectivity index (χ2v) is 10.3. The summed E-state index contributed by atoms with van der Waals surface area (Å²) in [7, 11) is 0. The molecule has 1 atom stereocenters. The quantitative estimate of drug-likeness (QED) is 0.413. The Bertz CT molecular complexity index is 1410. The highest BCUT2D eigenvalue weighted by atomic mass is 16.2. The summed E-state index contributed by atoms with van der Waals surface area (Å²) in [5.74, 6) is 1.04. The molecule has 190 valence electrons. The molecule has 4 aromatic rings. The van der Waals surface area contributed by atoms with Crippen LogP contribution in [0.2, 0.25) is 0 Å². The van der Waals surface area contributed by atoms with Gasteiger partial charge in [-0.1, -0.05) is 12.1 Å². The number of benzene rings is 1. The number of carbonyl (C=O) groups excluding carboxylic acids is 2. The molecule has 2 fully saturated rings. The van der Waals surface area contributed by atoms with E-state index in [-0.39, 0.29) is 17.9 Å². The molecule has 8 heteroatoms. The number of imidazole rings is 1. The molecule has 4 heterocycles. The first-order valence-electron chi connectivity index (χ1n) is 13.2. The number of hydrogen-bond acceptors (Lipinski definition) is 4. The van der Waals surface area contributed by atoms with Gasteiger partial charge in [0.25, 0.3) is 5.91 Å². The zero-order valence-electron chi connectivity index (χ0n) is 21.1. The van der Waals surface area contributed by atoms with Gasteiger partial charge in [-0.2, -0.15) is 5.10 Å². The highest BCUT2D eigenvalue weighted by molar-refractivity contribution is 5.94. The lowest BCUT2D eigenvalue weighted by molar-refractivity contribution is -0.135. The van der Waals surface area contributed by atoms with Gasteiger partial charge >= 0.3 is 0 Å².